The molecule has 0 aliphatic heterocycles. The maximum absolute atomic E-state index is 13.0. The number of nitrogens with one attached hydrogen (secondary N) is 1. The summed E-state index contributed by atoms with van der Waals surface area (Å²) in [6, 6.07) is 15.9. The Morgan fingerprint density at radius 2 is 1.84 bits per heavy atom. The lowest BCUT2D eigenvalue weighted by molar-refractivity contribution is -0.112. The number of hydrogen-bond donors (Lipinski definition) is 1. The highest BCUT2D eigenvalue weighted by Crippen LogP contribution is 2.28. The van der Waals surface area contributed by atoms with Gasteiger partial charge in [-0.05, 0) is 48.0 Å². The van der Waals surface area contributed by atoms with Crippen LogP contribution >= 0.6 is 23.2 Å². The molecule has 4 rings (SSSR count). The lowest BCUT2D eigenvalue weighted by atomic mass is 10.1. The van der Waals surface area contributed by atoms with Crippen molar-refractivity contribution in [3.63, 3.8) is 0 Å². The predicted octanol–water partition coefficient (Wildman–Crippen LogP) is 5.22. The molecule has 0 aliphatic rings. The van der Waals surface area contributed by atoms with Crippen LogP contribution in [0.15, 0.2) is 67.0 Å². The van der Waals surface area contributed by atoms with Gasteiger partial charge in [0.05, 0.1) is 12.7 Å². The number of anilines is 1. The molecule has 1 amide bonds. The molecule has 0 unspecified atom stereocenters. The quantitative estimate of drug-likeness (QED) is 0.246. The molecule has 156 valence electrons. The fourth-order valence-electron chi connectivity index (χ4n) is 3.29. The lowest BCUT2D eigenvalue weighted by Gasteiger charge is -2.06. The van der Waals surface area contributed by atoms with Crippen molar-refractivity contribution in [3.05, 3.63) is 88.3 Å². The topological polar surface area (TPSA) is 73.2 Å². The summed E-state index contributed by atoms with van der Waals surface area (Å²) in [5, 5.41) is 4.06. The summed E-state index contributed by atoms with van der Waals surface area (Å²) in [6.45, 7) is 0.509. The summed E-state index contributed by atoms with van der Waals surface area (Å²) in [5.74, 6) is -0.844. The maximum Gasteiger partial charge on any atom is 0.296 e. The van der Waals surface area contributed by atoms with Crippen LogP contribution < -0.4 is 10.1 Å². The largest absolute Gasteiger partial charge is 0.497 e. The first kappa shape index (κ1) is 20.9. The van der Waals surface area contributed by atoms with Crippen LogP contribution in [0.5, 0.6) is 5.75 Å². The van der Waals surface area contributed by atoms with Gasteiger partial charge < -0.3 is 14.6 Å². The molecular weight excluding hydrogens is 437 g/mol. The third kappa shape index (κ3) is 4.55. The zero-order valence-corrected chi connectivity index (χ0v) is 17.9. The van der Waals surface area contributed by atoms with Gasteiger partial charge in [0, 0.05) is 40.6 Å². The molecule has 0 spiro atoms. The number of fused-ring (bicyclic) bond motifs is 1. The molecule has 8 heteroatoms. The van der Waals surface area contributed by atoms with Gasteiger partial charge in [-0.25, -0.2) is 4.98 Å². The third-order valence-electron chi connectivity index (χ3n) is 4.79. The van der Waals surface area contributed by atoms with Crippen LogP contribution in [-0.4, -0.2) is 28.4 Å². The number of halogens is 2. The highest BCUT2D eigenvalue weighted by Gasteiger charge is 2.22. The van der Waals surface area contributed by atoms with E-state index in [2.05, 4.69) is 10.3 Å². The number of methoxy groups -OCH3 is 1. The van der Waals surface area contributed by atoms with Crippen LogP contribution in [-0.2, 0) is 11.3 Å². The molecule has 0 atom stereocenters. The molecule has 2 aromatic heterocycles. The Labute approximate surface area is 188 Å². The fourth-order valence-corrected chi connectivity index (χ4v) is 3.59. The predicted molar refractivity (Wildman–Crippen MR) is 121 cm³/mol. The van der Waals surface area contributed by atoms with Crippen LogP contribution in [0.1, 0.15) is 15.9 Å². The van der Waals surface area contributed by atoms with E-state index >= 15 is 0 Å². The van der Waals surface area contributed by atoms with Crippen LogP contribution in [0.3, 0.4) is 0 Å². The number of rotatable bonds is 6. The van der Waals surface area contributed by atoms with Crippen molar-refractivity contribution in [2.24, 2.45) is 0 Å². The number of ether oxygens (including phenoxy) is 1. The number of amides is 1. The molecule has 2 heterocycles. The zero-order valence-electron chi connectivity index (χ0n) is 16.4. The number of Topliss-reactive ketones (excluding diaryl/α,β-unsaturated/α-hetero) is 1. The first-order valence-electron chi connectivity index (χ1n) is 9.33. The van der Waals surface area contributed by atoms with Crippen molar-refractivity contribution in [2.75, 3.05) is 12.4 Å². The van der Waals surface area contributed by atoms with E-state index < -0.39 is 11.7 Å². The lowest BCUT2D eigenvalue weighted by Crippen LogP contribution is -2.22. The van der Waals surface area contributed by atoms with Gasteiger partial charge in [-0.15, -0.1) is 0 Å². The standard InChI is InChI=1S/C23H17Cl2N3O3/c1-31-17-6-7-20-18(11-17)19(13-28(20)12-14-2-4-15(24)5-3-14)22(29)23(30)27-16-8-9-26-21(25)10-16/h2-11,13H,12H2,1H3,(H,26,27,30). The van der Waals surface area contributed by atoms with Crippen molar-refractivity contribution in [3.8, 4) is 5.75 Å². The molecule has 1 N–H and O–H groups in total. The Balaban J connectivity index is 1.70. The monoisotopic (exact) mass is 453 g/mol. The summed E-state index contributed by atoms with van der Waals surface area (Å²) >= 11 is 11.8. The third-order valence-corrected chi connectivity index (χ3v) is 5.25. The van der Waals surface area contributed by atoms with Crippen LogP contribution in [0.25, 0.3) is 10.9 Å². The molecule has 6 nitrogen and oxygen atoms in total. The van der Waals surface area contributed by atoms with E-state index in [9.17, 15) is 9.59 Å². The summed E-state index contributed by atoms with van der Waals surface area (Å²) < 4.78 is 7.23. The van der Waals surface area contributed by atoms with Crippen molar-refractivity contribution >= 4 is 51.5 Å². The van der Waals surface area contributed by atoms with Gasteiger partial charge in [0.1, 0.15) is 10.9 Å². The van der Waals surface area contributed by atoms with Crippen LogP contribution in [0.4, 0.5) is 5.69 Å². The summed E-state index contributed by atoms with van der Waals surface area (Å²) in [4.78, 5) is 29.5. The molecule has 31 heavy (non-hydrogen) atoms. The average Bonchev–Trinajstić information content (AvgIpc) is 3.12. The molecule has 4 aromatic rings. The van der Waals surface area contributed by atoms with E-state index in [1.165, 1.54) is 12.3 Å². The number of nitrogens with zero attached hydrogens (tertiary/aromatic N) is 2. The second-order valence-electron chi connectivity index (χ2n) is 6.83. The molecule has 2 aromatic carbocycles. The minimum Gasteiger partial charge on any atom is -0.497 e. The van der Waals surface area contributed by atoms with E-state index in [0.717, 1.165) is 11.1 Å². The highest BCUT2D eigenvalue weighted by molar-refractivity contribution is 6.48. The number of aromatic nitrogens is 2. The van der Waals surface area contributed by atoms with E-state index in [1.807, 2.05) is 41.0 Å². The molecule has 0 aliphatic carbocycles. The Morgan fingerprint density at radius 3 is 2.55 bits per heavy atom. The number of carbonyl (C=O) groups is 2. The van der Waals surface area contributed by atoms with Gasteiger partial charge in [-0.2, -0.15) is 0 Å². The Morgan fingerprint density at radius 1 is 1.06 bits per heavy atom. The Kier molecular flexibility index (Phi) is 5.93. The van der Waals surface area contributed by atoms with E-state index in [0.29, 0.717) is 28.4 Å². The van der Waals surface area contributed by atoms with Gasteiger partial charge >= 0.3 is 0 Å². The molecule has 0 bridgehead atoms. The minimum atomic E-state index is -0.768. The highest BCUT2D eigenvalue weighted by atomic mass is 35.5. The summed E-state index contributed by atoms with van der Waals surface area (Å²) in [6.07, 6.45) is 3.13. The first-order chi connectivity index (χ1) is 14.9. The number of carbonyl (C=O) groups excluding carboxylic acids is 2. The molecular formula is C23H17Cl2N3O3. The normalized spacial score (nSPS) is 10.8. The number of hydrogen-bond acceptors (Lipinski definition) is 4. The van der Waals surface area contributed by atoms with Crippen LogP contribution in [0.2, 0.25) is 10.2 Å². The molecule has 0 radical (unpaired) electrons. The van der Waals surface area contributed by atoms with Gasteiger partial charge in [0.2, 0.25) is 0 Å². The Hall–Kier alpha value is -3.35. The van der Waals surface area contributed by atoms with Crippen molar-refractivity contribution in [1.29, 1.82) is 0 Å². The average molecular weight is 454 g/mol. The number of ketones is 1. The Bertz CT molecular complexity index is 1280. The zero-order chi connectivity index (χ0) is 22.0. The van der Waals surface area contributed by atoms with Gasteiger partial charge in [0.25, 0.3) is 11.7 Å². The number of pyridine rings is 1. The van der Waals surface area contributed by atoms with Gasteiger partial charge in [-0.3, -0.25) is 9.59 Å². The molecule has 0 fully saturated rings. The summed E-state index contributed by atoms with van der Waals surface area (Å²) in [7, 11) is 1.55. The minimum absolute atomic E-state index is 0.217. The van der Waals surface area contributed by atoms with Crippen LogP contribution in [0, 0.1) is 0 Å². The van der Waals surface area contributed by atoms with Crippen molar-refractivity contribution in [1.82, 2.24) is 9.55 Å². The van der Waals surface area contributed by atoms with E-state index in [1.54, 1.807) is 25.4 Å². The smallest absolute Gasteiger partial charge is 0.296 e. The van der Waals surface area contributed by atoms with Gasteiger partial charge in [0.15, 0.2) is 0 Å². The maximum atomic E-state index is 13.0. The van der Waals surface area contributed by atoms with Gasteiger partial charge in [-0.1, -0.05) is 35.3 Å². The second kappa shape index (κ2) is 8.79. The molecule has 0 saturated heterocycles. The fraction of sp³-hybridized carbons (Fsp3) is 0.0870. The van der Waals surface area contributed by atoms with E-state index in [-0.39, 0.29) is 10.7 Å². The first-order valence-corrected chi connectivity index (χ1v) is 10.1. The summed E-state index contributed by atoms with van der Waals surface area (Å²) in [5.41, 5.74) is 2.48. The second-order valence-corrected chi connectivity index (χ2v) is 7.65. The van der Waals surface area contributed by atoms with Crippen molar-refractivity contribution in [2.45, 2.75) is 6.54 Å². The van der Waals surface area contributed by atoms with E-state index in [4.69, 9.17) is 27.9 Å². The van der Waals surface area contributed by atoms with Crippen molar-refractivity contribution < 1.29 is 14.3 Å². The number of benzene rings is 2. The SMILES string of the molecule is COc1ccc2c(c1)c(C(=O)C(=O)Nc1ccnc(Cl)c1)cn2Cc1ccc(Cl)cc1. The molecule has 0 saturated carbocycles.